The number of rotatable bonds is 2. The van der Waals surface area contributed by atoms with Crippen LogP contribution in [-0.4, -0.2) is 42.3 Å². The van der Waals surface area contributed by atoms with E-state index in [1.165, 1.54) is 11.8 Å². The van der Waals surface area contributed by atoms with E-state index in [2.05, 4.69) is 4.99 Å². The zero-order chi connectivity index (χ0) is 17.1. The summed E-state index contributed by atoms with van der Waals surface area (Å²) in [6.07, 6.45) is 1.76. The quantitative estimate of drug-likeness (QED) is 0.757. The second kappa shape index (κ2) is 5.90. The van der Waals surface area contributed by atoms with Gasteiger partial charge in [0.15, 0.2) is 15.0 Å². The van der Waals surface area contributed by atoms with Crippen molar-refractivity contribution < 1.29 is 13.2 Å². The number of thioether (sulfide) groups is 1. The Kier molecular flexibility index (Phi) is 4.10. The third-order valence-corrected chi connectivity index (χ3v) is 7.97. The fraction of sp³-hybridized carbons (Fsp3) is 0.467. The van der Waals surface area contributed by atoms with Gasteiger partial charge in [-0.3, -0.25) is 4.79 Å². The molecule has 1 aromatic carbocycles. The van der Waals surface area contributed by atoms with Gasteiger partial charge in [-0.25, -0.2) is 8.42 Å². The number of carbonyl (C=O) groups is 1. The van der Waals surface area contributed by atoms with Gasteiger partial charge in [0.1, 0.15) is 0 Å². The highest BCUT2D eigenvalue weighted by Crippen LogP contribution is 2.42. The summed E-state index contributed by atoms with van der Waals surface area (Å²) in [7, 11) is -3.09. The molecule has 5 nitrogen and oxygen atoms in total. The van der Waals surface area contributed by atoms with E-state index in [-0.39, 0.29) is 34.6 Å². The number of anilines is 1. The predicted molar refractivity (Wildman–Crippen MR) is 97.9 cm³/mol. The molecular formula is C15H14Cl2N2O3S2. The minimum atomic E-state index is -3.09. The molecule has 3 aliphatic rings. The molecule has 4 rings (SSSR count). The molecule has 128 valence electrons. The predicted octanol–water partition coefficient (Wildman–Crippen LogP) is 3.00. The average Bonchev–Trinajstić information content (AvgIpc) is 3.18. The van der Waals surface area contributed by atoms with E-state index in [1.54, 1.807) is 18.2 Å². The number of halogens is 2. The van der Waals surface area contributed by atoms with Gasteiger partial charge in [-0.05, 0) is 31.0 Å². The molecule has 1 aromatic rings. The van der Waals surface area contributed by atoms with Crippen molar-refractivity contribution in [3.05, 3.63) is 28.2 Å². The van der Waals surface area contributed by atoms with Crippen LogP contribution in [0, 0.1) is 5.92 Å². The zero-order valence-electron chi connectivity index (χ0n) is 12.5. The fourth-order valence-corrected chi connectivity index (χ4v) is 7.49. The Morgan fingerprint density at radius 1 is 1.17 bits per heavy atom. The van der Waals surface area contributed by atoms with Gasteiger partial charge in [0.05, 0.1) is 17.5 Å². The number of hydrogen-bond donors (Lipinski definition) is 0. The lowest BCUT2D eigenvalue weighted by atomic mass is 10.2. The van der Waals surface area contributed by atoms with Crippen LogP contribution in [0.15, 0.2) is 23.2 Å². The lowest BCUT2D eigenvalue weighted by Crippen LogP contribution is -2.37. The van der Waals surface area contributed by atoms with Crippen molar-refractivity contribution >= 4 is 61.6 Å². The molecule has 0 bridgehead atoms. The number of nitrogens with zero attached hydrogens (tertiary/aromatic N) is 2. The summed E-state index contributed by atoms with van der Waals surface area (Å²) in [6, 6.07) is 4.81. The van der Waals surface area contributed by atoms with Crippen molar-refractivity contribution in [2.75, 3.05) is 16.4 Å². The molecule has 0 aromatic heterocycles. The number of amides is 1. The molecule has 1 saturated carbocycles. The number of hydrogen-bond acceptors (Lipinski definition) is 4. The fourth-order valence-electron chi connectivity index (χ4n) is 3.06. The molecule has 2 atom stereocenters. The molecule has 2 saturated heterocycles. The van der Waals surface area contributed by atoms with Gasteiger partial charge in [0.25, 0.3) is 5.91 Å². The Balaban J connectivity index is 1.75. The largest absolute Gasteiger partial charge is 0.315 e. The first-order valence-corrected chi connectivity index (χ1v) is 11.0. The maximum atomic E-state index is 12.1. The topological polar surface area (TPSA) is 66.8 Å². The molecule has 3 fully saturated rings. The summed E-state index contributed by atoms with van der Waals surface area (Å²) in [5, 5.41) is 1.34. The van der Waals surface area contributed by atoms with Crippen molar-refractivity contribution in [3.8, 4) is 0 Å². The summed E-state index contributed by atoms with van der Waals surface area (Å²) in [6.45, 7) is 0. The highest BCUT2D eigenvalue weighted by molar-refractivity contribution is 8.16. The summed E-state index contributed by atoms with van der Waals surface area (Å²) >= 11 is 13.6. The van der Waals surface area contributed by atoms with E-state index in [1.807, 2.05) is 4.90 Å². The zero-order valence-corrected chi connectivity index (χ0v) is 15.6. The van der Waals surface area contributed by atoms with E-state index in [9.17, 15) is 13.2 Å². The first kappa shape index (κ1) is 16.7. The van der Waals surface area contributed by atoms with Crippen LogP contribution in [0.3, 0.4) is 0 Å². The van der Waals surface area contributed by atoms with Gasteiger partial charge in [-0.1, -0.05) is 35.0 Å². The van der Waals surface area contributed by atoms with E-state index >= 15 is 0 Å². The highest BCUT2D eigenvalue weighted by atomic mass is 35.5. The number of benzene rings is 1. The maximum absolute atomic E-state index is 12.1. The number of aliphatic imine (C=N–C) groups is 1. The molecule has 1 amide bonds. The van der Waals surface area contributed by atoms with Gasteiger partial charge in [-0.2, -0.15) is 4.99 Å². The van der Waals surface area contributed by atoms with Crippen LogP contribution >= 0.6 is 35.0 Å². The number of amidine groups is 1. The van der Waals surface area contributed by atoms with Crippen LogP contribution in [0.2, 0.25) is 10.0 Å². The Morgan fingerprint density at radius 2 is 1.83 bits per heavy atom. The monoisotopic (exact) mass is 404 g/mol. The number of fused-ring (bicyclic) bond motifs is 1. The summed E-state index contributed by atoms with van der Waals surface area (Å²) in [5.41, 5.74) is 0.673. The van der Waals surface area contributed by atoms with Gasteiger partial charge in [0.2, 0.25) is 0 Å². The van der Waals surface area contributed by atoms with Crippen molar-refractivity contribution in [2.45, 2.75) is 24.1 Å². The van der Waals surface area contributed by atoms with Crippen LogP contribution in [0.4, 0.5) is 5.69 Å². The van der Waals surface area contributed by atoms with Crippen molar-refractivity contribution in [1.29, 1.82) is 0 Å². The highest BCUT2D eigenvalue weighted by Gasteiger charge is 2.49. The first-order chi connectivity index (χ1) is 11.3. The lowest BCUT2D eigenvalue weighted by Gasteiger charge is -2.24. The van der Waals surface area contributed by atoms with E-state index in [0.29, 0.717) is 20.9 Å². The van der Waals surface area contributed by atoms with Crippen LogP contribution < -0.4 is 4.90 Å². The van der Waals surface area contributed by atoms with Crippen LogP contribution in [0.5, 0.6) is 0 Å². The molecule has 24 heavy (non-hydrogen) atoms. The van der Waals surface area contributed by atoms with Crippen molar-refractivity contribution in [2.24, 2.45) is 10.9 Å². The summed E-state index contributed by atoms with van der Waals surface area (Å²) < 4.78 is 24.0. The third kappa shape index (κ3) is 3.19. The average molecular weight is 405 g/mol. The van der Waals surface area contributed by atoms with Gasteiger partial charge < -0.3 is 4.90 Å². The van der Waals surface area contributed by atoms with Gasteiger partial charge >= 0.3 is 0 Å². The number of sulfone groups is 1. The lowest BCUT2D eigenvalue weighted by molar-refractivity contribution is -0.118. The molecular weight excluding hydrogens is 391 g/mol. The number of carbonyl (C=O) groups excluding carboxylic acids is 1. The SMILES string of the molecule is O=C(N=C1S[C@H]2CS(=O)(=O)C[C@@H]2N1c1cc(Cl)cc(Cl)c1)C1CC1. The molecule has 2 heterocycles. The molecule has 0 unspecified atom stereocenters. The maximum Gasteiger partial charge on any atom is 0.251 e. The van der Waals surface area contributed by atoms with E-state index in [0.717, 1.165) is 12.8 Å². The third-order valence-electron chi connectivity index (χ3n) is 4.32. The van der Waals surface area contributed by atoms with Gasteiger partial charge in [0, 0.05) is 26.9 Å². The normalized spacial score (nSPS) is 29.9. The van der Waals surface area contributed by atoms with E-state index in [4.69, 9.17) is 23.2 Å². The van der Waals surface area contributed by atoms with Crippen molar-refractivity contribution in [3.63, 3.8) is 0 Å². The van der Waals surface area contributed by atoms with Gasteiger partial charge in [-0.15, -0.1) is 0 Å². The second-order valence-corrected chi connectivity index (χ2v) is 10.5. The molecule has 0 spiro atoms. The van der Waals surface area contributed by atoms with Crippen molar-refractivity contribution in [1.82, 2.24) is 0 Å². The molecule has 0 N–H and O–H groups in total. The standard InChI is InChI=1S/C15H14Cl2N2O3S2/c16-9-3-10(17)5-11(4-9)19-12-6-24(21,22)7-13(12)23-15(19)18-14(20)8-1-2-8/h3-5,8,12-13H,1-2,6-7H2/t12-,13-/m0/s1. The molecule has 0 radical (unpaired) electrons. The summed E-state index contributed by atoms with van der Waals surface area (Å²) in [4.78, 5) is 18.2. The Hall–Kier alpha value is -0.760. The Morgan fingerprint density at radius 3 is 2.46 bits per heavy atom. The first-order valence-electron chi connectivity index (χ1n) is 7.57. The minimum absolute atomic E-state index is 0.0204. The summed E-state index contributed by atoms with van der Waals surface area (Å²) in [5.74, 6) is 0.0420. The smallest absolute Gasteiger partial charge is 0.251 e. The van der Waals surface area contributed by atoms with Crippen LogP contribution in [0.25, 0.3) is 0 Å². The molecule has 2 aliphatic heterocycles. The van der Waals surface area contributed by atoms with Crippen LogP contribution in [0.1, 0.15) is 12.8 Å². The molecule has 9 heteroatoms. The second-order valence-electron chi connectivity index (χ2n) is 6.31. The Bertz CT molecular complexity index is 832. The van der Waals surface area contributed by atoms with Crippen LogP contribution in [-0.2, 0) is 14.6 Å². The molecule has 1 aliphatic carbocycles. The minimum Gasteiger partial charge on any atom is -0.315 e. The Labute approximate surface area is 154 Å². The van der Waals surface area contributed by atoms with E-state index < -0.39 is 9.84 Å².